The number of nitriles is 2. The quantitative estimate of drug-likeness (QED) is 0.0755. The van der Waals surface area contributed by atoms with Crippen molar-refractivity contribution in [2.45, 2.75) is 89.5 Å². The maximum Gasteiger partial charge on any atom is 0.318 e. The van der Waals surface area contributed by atoms with E-state index in [1.165, 1.54) is 70.5 Å². The van der Waals surface area contributed by atoms with Gasteiger partial charge >= 0.3 is 12.1 Å². The number of carbonyl (C=O) groups is 2. The van der Waals surface area contributed by atoms with Crippen molar-refractivity contribution in [2.75, 3.05) is 39.4 Å². The smallest absolute Gasteiger partial charge is 0.318 e. The monoisotopic (exact) mass is 1080 g/mol. The number of benzene rings is 4. The number of carbonyl (C=O) groups excluding carboxylic acids is 2. The number of hydrogen-bond donors (Lipinski definition) is 6. The topological polar surface area (TPSA) is 193 Å². The van der Waals surface area contributed by atoms with Gasteiger partial charge in [-0.25, -0.2) is 27.2 Å². The lowest BCUT2D eigenvalue weighted by molar-refractivity contribution is 0.0933. The van der Waals surface area contributed by atoms with Gasteiger partial charge in [0.05, 0.1) is 59.7 Å². The number of nitrogens with one attached hydrogen (secondary N) is 2. The van der Waals surface area contributed by atoms with Crippen LogP contribution in [0.3, 0.4) is 0 Å². The van der Waals surface area contributed by atoms with Crippen molar-refractivity contribution in [3.05, 3.63) is 138 Å². The van der Waals surface area contributed by atoms with E-state index in [1.807, 2.05) is 41.5 Å². The van der Waals surface area contributed by atoms with Gasteiger partial charge in [-0.1, -0.05) is 124 Å². The van der Waals surface area contributed by atoms with Crippen molar-refractivity contribution >= 4 is 58.5 Å². The van der Waals surface area contributed by atoms with Gasteiger partial charge in [-0.05, 0) is 60.1 Å². The van der Waals surface area contributed by atoms with Crippen molar-refractivity contribution in [2.24, 2.45) is 22.7 Å². The molecular weight excluding hydrogens is 1020 g/mol. The molecule has 4 amide bonds. The Morgan fingerprint density at radius 3 is 1.29 bits per heavy atom. The van der Waals surface area contributed by atoms with E-state index >= 15 is 17.6 Å². The molecule has 4 aromatic carbocycles. The zero-order valence-corrected chi connectivity index (χ0v) is 43.5. The predicted octanol–water partition coefficient (Wildman–Crippen LogP) is 10.4. The largest absolute Gasteiger partial charge is 0.394 e. The van der Waals surface area contributed by atoms with Crippen molar-refractivity contribution in [3.8, 4) is 12.1 Å². The molecule has 388 valence electrons. The van der Waals surface area contributed by atoms with E-state index in [9.17, 15) is 30.3 Å². The Balaban J connectivity index is 0.000000267. The first-order valence-electron chi connectivity index (χ1n) is 23.0. The second-order valence-electron chi connectivity index (χ2n) is 20.6. The molecule has 72 heavy (non-hydrogen) atoms. The minimum Gasteiger partial charge on any atom is -0.394 e. The molecule has 6 N–H and O–H groups in total. The summed E-state index contributed by atoms with van der Waals surface area (Å²) in [6, 6.07) is 17.1. The number of amides is 4. The molecule has 2 fully saturated rings. The van der Waals surface area contributed by atoms with E-state index in [0.29, 0.717) is 12.8 Å². The molecule has 0 bridgehead atoms. The number of urea groups is 2. The number of rotatable bonds is 12. The average Bonchev–Trinajstić information content (AvgIpc) is 3.80. The SMILES string of the molecule is CC(C)(C)C[C@@H]1CN(C(=O)NC[C@H](O)CO)[C@H](c2cccc(Cl)c2F)[C@@]1(C#N)c1ccc(Cl)cc1F.CC(C)(C)C[C@H]1CN(C(=O)NC[C@H](O)CO)[C@@H](c2cccc(Cl)c2F)[C@]1(C#N)c1ccc(Cl)cc1F. The molecule has 4 aromatic rings. The predicted molar refractivity (Wildman–Crippen MR) is 267 cm³/mol. The normalized spacial score (nSPS) is 22.8. The van der Waals surface area contributed by atoms with Crippen LogP contribution in [0.15, 0.2) is 72.8 Å². The third-order valence-electron chi connectivity index (χ3n) is 12.9. The fourth-order valence-corrected chi connectivity index (χ4v) is 10.8. The lowest BCUT2D eigenvalue weighted by Gasteiger charge is -2.38. The number of halogens is 8. The first-order valence-corrected chi connectivity index (χ1v) is 24.5. The van der Waals surface area contributed by atoms with E-state index in [0.717, 1.165) is 12.1 Å². The van der Waals surface area contributed by atoms with Crippen molar-refractivity contribution in [1.82, 2.24) is 20.4 Å². The molecule has 20 heteroatoms. The molecule has 6 rings (SSSR count). The van der Waals surface area contributed by atoms with Gasteiger partial charge in [0.25, 0.3) is 0 Å². The second kappa shape index (κ2) is 23.5. The van der Waals surface area contributed by atoms with E-state index in [1.54, 1.807) is 0 Å². The van der Waals surface area contributed by atoms with Crippen LogP contribution in [0.5, 0.6) is 0 Å². The van der Waals surface area contributed by atoms with Crippen LogP contribution in [0.4, 0.5) is 27.2 Å². The van der Waals surface area contributed by atoms with Gasteiger partial charge in [-0.3, -0.25) is 0 Å². The van der Waals surface area contributed by atoms with Crippen LogP contribution in [-0.4, -0.2) is 93.9 Å². The maximum atomic E-state index is 15.5. The van der Waals surface area contributed by atoms with E-state index in [2.05, 4.69) is 22.8 Å². The molecule has 2 heterocycles. The Morgan fingerprint density at radius 1 is 0.653 bits per heavy atom. The lowest BCUT2D eigenvalue weighted by Crippen LogP contribution is -2.46. The molecular formula is C52H58Cl4F4N6O6. The summed E-state index contributed by atoms with van der Waals surface area (Å²) in [6.07, 6.45) is -1.61. The Kier molecular flexibility index (Phi) is 19.0. The van der Waals surface area contributed by atoms with Gasteiger partial charge in [0.2, 0.25) is 0 Å². The summed E-state index contributed by atoms with van der Waals surface area (Å²) in [6.45, 7) is 10.1. The molecule has 8 atom stereocenters. The zero-order chi connectivity index (χ0) is 53.7. The standard InChI is InChI=1S/2C26H29Cl2F2N3O3/c2*1-25(2,3)10-15-12-33(24(36)32-11-17(35)13-34)23(18-5-4-6-20(28)22(18)30)26(15,14-31)19-8-7-16(27)9-21(19)29/h2*4-9,15,17,23,34-35H,10-13H2,1-3H3,(H,32,36)/t15-,17+,23-,26-;15-,17-,23-,26-/m10/s1. The molecule has 0 saturated carbocycles. The molecule has 0 radical (unpaired) electrons. The fourth-order valence-electron chi connectivity index (χ4n) is 10.1. The molecule has 2 aliphatic rings. The van der Waals surface area contributed by atoms with Gasteiger partial charge in [-0.2, -0.15) is 10.5 Å². The number of nitrogens with zero attached hydrogens (tertiary/aromatic N) is 4. The molecule has 2 aliphatic heterocycles. The van der Waals surface area contributed by atoms with Crippen LogP contribution in [0.2, 0.25) is 20.1 Å². The van der Waals surface area contributed by atoms with Crippen molar-refractivity contribution < 1.29 is 47.6 Å². The van der Waals surface area contributed by atoms with Crippen LogP contribution in [0.25, 0.3) is 0 Å². The van der Waals surface area contributed by atoms with E-state index in [4.69, 9.17) is 56.6 Å². The van der Waals surface area contributed by atoms with Crippen LogP contribution < -0.4 is 10.6 Å². The fraction of sp³-hybridized carbons (Fsp3) is 0.462. The first-order chi connectivity index (χ1) is 33.7. The van der Waals surface area contributed by atoms with E-state index < -0.39 is 95.5 Å². The maximum absolute atomic E-state index is 15.5. The van der Waals surface area contributed by atoms with Gasteiger partial charge < -0.3 is 40.9 Å². The second-order valence-corrected chi connectivity index (χ2v) is 22.3. The van der Waals surface area contributed by atoms with Crippen LogP contribution >= 0.6 is 46.4 Å². The number of hydrogen-bond acceptors (Lipinski definition) is 8. The lowest BCUT2D eigenvalue weighted by atomic mass is 9.63. The van der Waals surface area contributed by atoms with Crippen molar-refractivity contribution in [3.63, 3.8) is 0 Å². The summed E-state index contributed by atoms with van der Waals surface area (Å²) in [5.41, 5.74) is -4.11. The summed E-state index contributed by atoms with van der Waals surface area (Å²) in [4.78, 5) is 29.3. The molecule has 2 saturated heterocycles. The number of likely N-dealkylation sites (tertiary alicyclic amines) is 2. The Labute approximate surface area is 437 Å². The molecule has 12 nitrogen and oxygen atoms in total. The van der Waals surface area contributed by atoms with Gasteiger partial charge in [-0.15, -0.1) is 0 Å². The first kappa shape index (κ1) is 58.0. The van der Waals surface area contributed by atoms with Crippen LogP contribution in [-0.2, 0) is 10.8 Å². The summed E-state index contributed by atoms with van der Waals surface area (Å²) in [5, 5.41) is 64.1. The third kappa shape index (κ3) is 12.4. The highest BCUT2D eigenvalue weighted by Gasteiger charge is 2.61. The van der Waals surface area contributed by atoms with E-state index in [-0.39, 0.29) is 79.4 Å². The minimum atomic E-state index is -1.69. The van der Waals surface area contributed by atoms with Gasteiger partial charge in [0, 0.05) is 70.3 Å². The summed E-state index contributed by atoms with van der Waals surface area (Å²) < 4.78 is 62.0. The van der Waals surface area contributed by atoms with Crippen LogP contribution in [0, 0.1) is 68.6 Å². The summed E-state index contributed by atoms with van der Waals surface area (Å²) in [7, 11) is 0. The summed E-state index contributed by atoms with van der Waals surface area (Å²) in [5.74, 6) is -4.32. The highest BCUT2D eigenvalue weighted by Crippen LogP contribution is 2.58. The minimum absolute atomic E-state index is 0.00119. The molecule has 0 unspecified atom stereocenters. The van der Waals surface area contributed by atoms with Gasteiger partial charge in [0.15, 0.2) is 0 Å². The summed E-state index contributed by atoms with van der Waals surface area (Å²) >= 11 is 24.2. The Morgan fingerprint density at radius 2 is 1.00 bits per heavy atom. The highest BCUT2D eigenvalue weighted by molar-refractivity contribution is 6.31. The average molecular weight is 1080 g/mol. The molecule has 0 aliphatic carbocycles. The van der Waals surface area contributed by atoms with Gasteiger partial charge in [0.1, 0.15) is 34.1 Å². The number of aliphatic hydroxyl groups excluding tert-OH is 4. The van der Waals surface area contributed by atoms with Crippen molar-refractivity contribution in [1.29, 1.82) is 10.5 Å². The van der Waals surface area contributed by atoms with Crippen LogP contribution in [0.1, 0.15) is 88.7 Å². The zero-order valence-electron chi connectivity index (χ0n) is 40.5. The Hall–Kier alpha value is -4.88. The molecule has 0 aromatic heterocycles. The Bertz CT molecular complexity index is 2520. The third-order valence-corrected chi connectivity index (χ3v) is 14.0. The highest BCUT2D eigenvalue weighted by atomic mass is 35.5. The molecule has 0 spiro atoms. The number of aliphatic hydroxyl groups is 4.